The third-order valence-electron chi connectivity index (χ3n) is 5.49. The summed E-state index contributed by atoms with van der Waals surface area (Å²) in [5.74, 6) is 2.15. The van der Waals surface area contributed by atoms with E-state index in [9.17, 15) is 4.79 Å². The van der Waals surface area contributed by atoms with Crippen molar-refractivity contribution in [2.75, 3.05) is 44.3 Å². The summed E-state index contributed by atoms with van der Waals surface area (Å²) in [6.07, 6.45) is 3.30. The normalized spacial score (nSPS) is 18.4. The molecule has 7 heteroatoms. The average Bonchev–Trinajstić information content (AvgIpc) is 3.21. The second-order valence-electron chi connectivity index (χ2n) is 7.14. The molecule has 140 valence electrons. The van der Waals surface area contributed by atoms with Gasteiger partial charge >= 0.3 is 0 Å². The van der Waals surface area contributed by atoms with E-state index in [-0.39, 0.29) is 5.91 Å². The average molecular weight is 366 g/mol. The van der Waals surface area contributed by atoms with Gasteiger partial charge < -0.3 is 19.3 Å². The third-order valence-corrected chi connectivity index (χ3v) is 5.49. The minimum atomic E-state index is -0.00274. The molecule has 1 amide bonds. The number of carbonyl (C=O) groups excluding carboxylic acids is 1. The highest BCUT2D eigenvalue weighted by Crippen LogP contribution is 2.34. The lowest BCUT2D eigenvalue weighted by atomic mass is 10.1. The van der Waals surface area contributed by atoms with Crippen LogP contribution in [0.4, 0.5) is 5.82 Å². The number of para-hydroxylation sites is 1. The second-order valence-corrected chi connectivity index (χ2v) is 7.14. The fraction of sp³-hybridized carbons (Fsp3) is 0.450. The number of aromatic nitrogens is 2. The summed E-state index contributed by atoms with van der Waals surface area (Å²) < 4.78 is 11.3. The summed E-state index contributed by atoms with van der Waals surface area (Å²) in [4.78, 5) is 17.1. The predicted octanol–water partition coefficient (Wildman–Crippen LogP) is 1.70. The largest absolute Gasteiger partial charge is 0.486 e. The number of nitrogens with zero attached hydrogens (tertiary/aromatic N) is 4. The quantitative estimate of drug-likeness (QED) is 0.806. The SMILES string of the molecule is O=C(c1cccc2c1OCCO2)N1CCN(c2cc3c(nn2)CCC3)CC1. The van der Waals surface area contributed by atoms with Gasteiger partial charge in [-0.1, -0.05) is 6.07 Å². The van der Waals surface area contributed by atoms with Crippen LogP contribution in [-0.4, -0.2) is 60.4 Å². The molecule has 0 N–H and O–H groups in total. The molecular weight excluding hydrogens is 344 g/mol. The van der Waals surface area contributed by atoms with E-state index in [0.29, 0.717) is 43.4 Å². The summed E-state index contributed by atoms with van der Waals surface area (Å²) in [7, 11) is 0. The molecule has 0 unspecified atom stereocenters. The zero-order chi connectivity index (χ0) is 18.2. The summed E-state index contributed by atoms with van der Waals surface area (Å²) in [5, 5.41) is 8.78. The van der Waals surface area contributed by atoms with Crippen molar-refractivity contribution in [3.05, 3.63) is 41.1 Å². The van der Waals surface area contributed by atoms with Crippen molar-refractivity contribution in [1.82, 2.24) is 15.1 Å². The van der Waals surface area contributed by atoms with Gasteiger partial charge in [0.1, 0.15) is 13.2 Å². The van der Waals surface area contributed by atoms with Crippen molar-refractivity contribution in [3.63, 3.8) is 0 Å². The first-order chi connectivity index (χ1) is 13.3. The van der Waals surface area contributed by atoms with Gasteiger partial charge in [0.15, 0.2) is 17.3 Å². The van der Waals surface area contributed by atoms with E-state index in [4.69, 9.17) is 9.47 Å². The van der Waals surface area contributed by atoms with E-state index in [0.717, 1.165) is 37.4 Å². The van der Waals surface area contributed by atoms with E-state index < -0.39 is 0 Å². The maximum Gasteiger partial charge on any atom is 0.257 e. The number of benzene rings is 1. The Morgan fingerprint density at radius 2 is 1.85 bits per heavy atom. The van der Waals surface area contributed by atoms with Gasteiger partial charge in [0.25, 0.3) is 5.91 Å². The molecule has 0 spiro atoms. The third kappa shape index (κ3) is 2.97. The molecule has 3 aliphatic rings. The Morgan fingerprint density at radius 3 is 2.74 bits per heavy atom. The summed E-state index contributed by atoms with van der Waals surface area (Å²) >= 11 is 0. The zero-order valence-corrected chi connectivity index (χ0v) is 15.2. The summed E-state index contributed by atoms with van der Waals surface area (Å²) in [5.41, 5.74) is 3.05. The Labute approximate surface area is 157 Å². The molecule has 0 saturated carbocycles. The molecule has 1 aromatic heterocycles. The lowest BCUT2D eigenvalue weighted by Crippen LogP contribution is -2.49. The van der Waals surface area contributed by atoms with Crippen LogP contribution in [0.1, 0.15) is 28.0 Å². The second kappa shape index (κ2) is 6.72. The van der Waals surface area contributed by atoms with Gasteiger partial charge in [0.2, 0.25) is 0 Å². The number of hydrogen-bond donors (Lipinski definition) is 0. The fourth-order valence-corrected chi connectivity index (χ4v) is 4.02. The Kier molecular flexibility index (Phi) is 4.07. The monoisotopic (exact) mass is 366 g/mol. The Morgan fingerprint density at radius 1 is 1.00 bits per heavy atom. The van der Waals surface area contributed by atoms with E-state index in [2.05, 4.69) is 21.2 Å². The number of hydrogen-bond acceptors (Lipinski definition) is 6. The van der Waals surface area contributed by atoms with Crippen LogP contribution in [0.2, 0.25) is 0 Å². The smallest absolute Gasteiger partial charge is 0.257 e. The summed E-state index contributed by atoms with van der Waals surface area (Å²) in [6, 6.07) is 7.67. The van der Waals surface area contributed by atoms with Crippen LogP contribution in [0.25, 0.3) is 0 Å². The van der Waals surface area contributed by atoms with Gasteiger partial charge in [0, 0.05) is 26.2 Å². The highest BCUT2D eigenvalue weighted by Gasteiger charge is 2.28. The first-order valence-electron chi connectivity index (χ1n) is 9.58. The molecule has 3 heterocycles. The standard InChI is InChI=1S/C20H22N4O3/c25-20(15-4-2-6-17-19(15)27-12-11-26-17)24-9-7-23(8-10-24)18-13-14-3-1-5-16(14)21-22-18/h2,4,6,13H,1,3,5,7-12H2. The van der Waals surface area contributed by atoms with E-state index >= 15 is 0 Å². The molecule has 0 radical (unpaired) electrons. The van der Waals surface area contributed by atoms with Crippen molar-refractivity contribution >= 4 is 11.7 Å². The minimum Gasteiger partial charge on any atom is -0.486 e. The molecule has 0 bridgehead atoms. The first kappa shape index (κ1) is 16.4. The molecule has 5 rings (SSSR count). The van der Waals surface area contributed by atoms with Gasteiger partial charge in [-0.25, -0.2) is 0 Å². The number of fused-ring (bicyclic) bond motifs is 2. The van der Waals surface area contributed by atoms with Crippen LogP contribution in [0.15, 0.2) is 24.3 Å². The number of amides is 1. The molecule has 1 aliphatic carbocycles. The number of piperazine rings is 1. The van der Waals surface area contributed by atoms with Crippen LogP contribution in [0.5, 0.6) is 11.5 Å². The van der Waals surface area contributed by atoms with Gasteiger partial charge in [-0.2, -0.15) is 5.10 Å². The zero-order valence-electron chi connectivity index (χ0n) is 15.2. The van der Waals surface area contributed by atoms with E-state index in [1.165, 1.54) is 12.0 Å². The molecule has 1 aromatic carbocycles. The van der Waals surface area contributed by atoms with Crippen LogP contribution >= 0.6 is 0 Å². The summed E-state index contributed by atoms with van der Waals surface area (Å²) in [6.45, 7) is 3.81. The van der Waals surface area contributed by atoms with Gasteiger partial charge in [0.05, 0.1) is 11.3 Å². The maximum absolute atomic E-state index is 13.0. The molecule has 7 nitrogen and oxygen atoms in total. The predicted molar refractivity (Wildman–Crippen MR) is 99.6 cm³/mol. The molecule has 2 aromatic rings. The van der Waals surface area contributed by atoms with Crippen molar-refractivity contribution < 1.29 is 14.3 Å². The molecule has 2 aliphatic heterocycles. The molecule has 0 atom stereocenters. The first-order valence-corrected chi connectivity index (χ1v) is 9.58. The Hall–Kier alpha value is -2.83. The van der Waals surface area contributed by atoms with Crippen LogP contribution in [0.3, 0.4) is 0 Å². The van der Waals surface area contributed by atoms with Crippen molar-refractivity contribution in [2.24, 2.45) is 0 Å². The molecular formula is C20H22N4O3. The molecule has 1 saturated heterocycles. The lowest BCUT2D eigenvalue weighted by Gasteiger charge is -2.35. The van der Waals surface area contributed by atoms with Gasteiger partial charge in [-0.3, -0.25) is 4.79 Å². The Bertz CT molecular complexity index is 878. The van der Waals surface area contributed by atoms with Crippen molar-refractivity contribution in [3.8, 4) is 11.5 Å². The number of aryl methyl sites for hydroxylation is 2. The lowest BCUT2D eigenvalue weighted by molar-refractivity contribution is 0.0736. The number of carbonyl (C=O) groups is 1. The fourth-order valence-electron chi connectivity index (χ4n) is 4.02. The van der Waals surface area contributed by atoms with E-state index in [1.807, 2.05) is 23.1 Å². The van der Waals surface area contributed by atoms with Gasteiger partial charge in [-0.05, 0) is 43.0 Å². The number of ether oxygens (including phenoxy) is 2. The highest BCUT2D eigenvalue weighted by molar-refractivity contribution is 5.98. The van der Waals surface area contributed by atoms with Crippen molar-refractivity contribution in [1.29, 1.82) is 0 Å². The minimum absolute atomic E-state index is 0.00274. The van der Waals surface area contributed by atoms with Crippen LogP contribution < -0.4 is 14.4 Å². The number of anilines is 1. The van der Waals surface area contributed by atoms with Crippen LogP contribution in [-0.2, 0) is 12.8 Å². The van der Waals surface area contributed by atoms with Crippen molar-refractivity contribution in [2.45, 2.75) is 19.3 Å². The van der Waals surface area contributed by atoms with E-state index in [1.54, 1.807) is 0 Å². The molecule has 1 fully saturated rings. The maximum atomic E-state index is 13.0. The molecule has 27 heavy (non-hydrogen) atoms. The highest BCUT2D eigenvalue weighted by atomic mass is 16.6. The Balaban J connectivity index is 1.29. The number of rotatable bonds is 2. The van der Waals surface area contributed by atoms with Crippen LogP contribution in [0, 0.1) is 0 Å². The van der Waals surface area contributed by atoms with Gasteiger partial charge in [-0.15, -0.1) is 5.10 Å². The topological polar surface area (TPSA) is 67.8 Å².